The van der Waals surface area contributed by atoms with E-state index < -0.39 is 0 Å². The quantitative estimate of drug-likeness (QED) is 0.185. The molecule has 0 spiro atoms. The van der Waals surface area contributed by atoms with Gasteiger partial charge >= 0.3 is 0 Å². The molecule has 0 N–H and O–H groups in total. The molecule has 0 aromatic carbocycles. The molecule has 0 aromatic rings. The molecular formula is C18H33ClO. The number of hydrogen-bond acceptors (Lipinski definition) is 1. The second-order valence-corrected chi connectivity index (χ2v) is 6.11. The summed E-state index contributed by atoms with van der Waals surface area (Å²) in [4.78, 5) is 10.5. The second kappa shape index (κ2) is 16.8. The number of rotatable bonds is 15. The summed E-state index contributed by atoms with van der Waals surface area (Å²) >= 11 is 5.29. The van der Waals surface area contributed by atoms with Crippen LogP contribution in [0.5, 0.6) is 0 Å². The van der Waals surface area contributed by atoms with Crippen LogP contribution in [-0.4, -0.2) is 5.24 Å². The standard InChI is InChI=1S/C18H33ClO/c1-2-3-4-5-6-7-8-9-10-11-12-13-14-15-16-17-18(19)20/h5-6H,2-4,7-17H2,1H3/b6-5+. The molecule has 0 bridgehead atoms. The van der Waals surface area contributed by atoms with E-state index in [9.17, 15) is 4.79 Å². The normalized spacial score (nSPS) is 11.3. The Morgan fingerprint density at radius 2 is 1.20 bits per heavy atom. The molecule has 0 rings (SSSR count). The van der Waals surface area contributed by atoms with E-state index in [-0.39, 0.29) is 5.24 Å². The van der Waals surface area contributed by atoms with Crippen molar-refractivity contribution in [2.75, 3.05) is 0 Å². The average Bonchev–Trinajstić information content (AvgIpc) is 2.43. The van der Waals surface area contributed by atoms with Gasteiger partial charge in [-0.3, -0.25) is 4.79 Å². The molecule has 0 aliphatic heterocycles. The molecule has 0 saturated carbocycles. The Morgan fingerprint density at radius 3 is 1.70 bits per heavy atom. The molecule has 0 saturated heterocycles. The van der Waals surface area contributed by atoms with Crippen LogP contribution in [0.15, 0.2) is 12.2 Å². The van der Waals surface area contributed by atoms with Gasteiger partial charge in [-0.1, -0.05) is 76.9 Å². The van der Waals surface area contributed by atoms with E-state index in [1.54, 1.807) is 0 Å². The van der Waals surface area contributed by atoms with E-state index in [1.807, 2.05) is 0 Å². The van der Waals surface area contributed by atoms with Crippen molar-refractivity contribution in [3.05, 3.63) is 12.2 Å². The van der Waals surface area contributed by atoms with E-state index in [0.717, 1.165) is 12.8 Å². The summed E-state index contributed by atoms with van der Waals surface area (Å²) in [6, 6.07) is 0. The van der Waals surface area contributed by atoms with Crippen molar-refractivity contribution < 1.29 is 4.79 Å². The topological polar surface area (TPSA) is 17.1 Å². The largest absolute Gasteiger partial charge is 0.281 e. The molecule has 0 fully saturated rings. The Morgan fingerprint density at radius 1 is 0.750 bits per heavy atom. The van der Waals surface area contributed by atoms with Crippen LogP contribution in [0.25, 0.3) is 0 Å². The van der Waals surface area contributed by atoms with E-state index in [1.165, 1.54) is 70.6 Å². The van der Waals surface area contributed by atoms with Crippen LogP contribution in [0, 0.1) is 0 Å². The average molecular weight is 301 g/mol. The number of carbonyl (C=O) groups excluding carboxylic acids is 1. The summed E-state index contributed by atoms with van der Waals surface area (Å²) < 4.78 is 0. The first kappa shape index (κ1) is 19.7. The van der Waals surface area contributed by atoms with Gasteiger partial charge in [-0.15, -0.1) is 0 Å². The van der Waals surface area contributed by atoms with Crippen LogP contribution in [-0.2, 0) is 4.79 Å². The highest BCUT2D eigenvalue weighted by molar-refractivity contribution is 6.63. The molecule has 0 amide bonds. The zero-order valence-corrected chi connectivity index (χ0v) is 14.1. The highest BCUT2D eigenvalue weighted by Crippen LogP contribution is 2.12. The highest BCUT2D eigenvalue weighted by atomic mass is 35.5. The molecule has 0 heterocycles. The summed E-state index contributed by atoms with van der Waals surface area (Å²) in [5, 5.41) is -0.186. The van der Waals surface area contributed by atoms with Crippen LogP contribution in [0.2, 0.25) is 0 Å². The van der Waals surface area contributed by atoms with Gasteiger partial charge in [0.05, 0.1) is 0 Å². The fourth-order valence-electron chi connectivity index (χ4n) is 2.32. The minimum absolute atomic E-state index is 0.186. The molecule has 1 nitrogen and oxygen atoms in total. The number of carbonyl (C=O) groups is 1. The molecule has 0 unspecified atom stereocenters. The lowest BCUT2D eigenvalue weighted by Gasteiger charge is -2.01. The Kier molecular flexibility index (Phi) is 16.5. The summed E-state index contributed by atoms with van der Waals surface area (Å²) in [6.07, 6.45) is 21.9. The predicted molar refractivity (Wildman–Crippen MR) is 90.3 cm³/mol. The highest BCUT2D eigenvalue weighted by Gasteiger charge is 1.96. The summed E-state index contributed by atoms with van der Waals surface area (Å²) in [7, 11) is 0. The lowest BCUT2D eigenvalue weighted by atomic mass is 10.1. The Hall–Kier alpha value is -0.300. The Labute approximate surface area is 131 Å². The second-order valence-electron chi connectivity index (χ2n) is 5.69. The van der Waals surface area contributed by atoms with E-state index in [2.05, 4.69) is 19.1 Å². The molecule has 2 heteroatoms. The third kappa shape index (κ3) is 17.7. The first-order valence-electron chi connectivity index (χ1n) is 8.60. The minimum atomic E-state index is -0.186. The fourth-order valence-corrected chi connectivity index (χ4v) is 2.45. The molecule has 20 heavy (non-hydrogen) atoms. The maximum atomic E-state index is 10.5. The lowest BCUT2D eigenvalue weighted by molar-refractivity contribution is -0.111. The van der Waals surface area contributed by atoms with Crippen molar-refractivity contribution in [2.24, 2.45) is 0 Å². The fraction of sp³-hybridized carbons (Fsp3) is 0.833. The van der Waals surface area contributed by atoms with Gasteiger partial charge in [0.1, 0.15) is 0 Å². The van der Waals surface area contributed by atoms with E-state index >= 15 is 0 Å². The molecule has 0 radical (unpaired) electrons. The lowest BCUT2D eigenvalue weighted by Crippen LogP contribution is -1.86. The van der Waals surface area contributed by atoms with Crippen LogP contribution < -0.4 is 0 Å². The summed E-state index contributed by atoms with van der Waals surface area (Å²) in [5.74, 6) is 0. The van der Waals surface area contributed by atoms with Gasteiger partial charge in [-0.05, 0) is 37.3 Å². The van der Waals surface area contributed by atoms with Crippen molar-refractivity contribution in [3.8, 4) is 0 Å². The number of unbranched alkanes of at least 4 members (excludes halogenated alkanes) is 11. The summed E-state index contributed by atoms with van der Waals surface area (Å²) in [6.45, 7) is 2.24. The third-order valence-electron chi connectivity index (χ3n) is 3.64. The molecule has 0 aromatic heterocycles. The number of hydrogen-bond donors (Lipinski definition) is 0. The Balaban J connectivity index is 3.02. The molecule has 0 atom stereocenters. The Bertz CT molecular complexity index is 236. The van der Waals surface area contributed by atoms with Crippen LogP contribution in [0.3, 0.4) is 0 Å². The molecule has 0 aliphatic rings. The first-order valence-corrected chi connectivity index (χ1v) is 8.98. The maximum Gasteiger partial charge on any atom is 0.221 e. The van der Waals surface area contributed by atoms with Crippen LogP contribution in [0.1, 0.15) is 96.8 Å². The van der Waals surface area contributed by atoms with Crippen LogP contribution in [0.4, 0.5) is 0 Å². The van der Waals surface area contributed by atoms with Gasteiger partial charge in [-0.2, -0.15) is 0 Å². The van der Waals surface area contributed by atoms with Gasteiger partial charge in [0.2, 0.25) is 5.24 Å². The molecule has 0 aliphatic carbocycles. The zero-order chi connectivity index (χ0) is 14.9. The van der Waals surface area contributed by atoms with E-state index in [0.29, 0.717) is 6.42 Å². The van der Waals surface area contributed by atoms with Gasteiger partial charge in [0.15, 0.2) is 0 Å². The number of allylic oxidation sites excluding steroid dienone is 2. The first-order chi connectivity index (χ1) is 9.77. The molecular weight excluding hydrogens is 268 g/mol. The number of halogens is 1. The van der Waals surface area contributed by atoms with Gasteiger partial charge < -0.3 is 0 Å². The predicted octanol–water partition coefficient (Wildman–Crippen LogP) is 6.79. The smallest absolute Gasteiger partial charge is 0.221 e. The summed E-state index contributed by atoms with van der Waals surface area (Å²) in [5.41, 5.74) is 0. The third-order valence-corrected chi connectivity index (χ3v) is 3.82. The van der Waals surface area contributed by atoms with Crippen molar-refractivity contribution >= 4 is 16.8 Å². The van der Waals surface area contributed by atoms with Crippen molar-refractivity contribution in [2.45, 2.75) is 96.8 Å². The SMILES string of the molecule is CCCC/C=C/CCCCCCCCCCCC(=O)Cl. The maximum absolute atomic E-state index is 10.5. The van der Waals surface area contributed by atoms with Gasteiger partial charge in [0, 0.05) is 6.42 Å². The monoisotopic (exact) mass is 300 g/mol. The van der Waals surface area contributed by atoms with Gasteiger partial charge in [-0.25, -0.2) is 0 Å². The molecule has 118 valence electrons. The zero-order valence-electron chi connectivity index (χ0n) is 13.3. The van der Waals surface area contributed by atoms with Crippen molar-refractivity contribution in [1.82, 2.24) is 0 Å². The van der Waals surface area contributed by atoms with Gasteiger partial charge in [0.25, 0.3) is 0 Å². The van der Waals surface area contributed by atoms with Crippen molar-refractivity contribution in [3.63, 3.8) is 0 Å². The van der Waals surface area contributed by atoms with Crippen LogP contribution >= 0.6 is 11.6 Å². The van der Waals surface area contributed by atoms with E-state index in [4.69, 9.17) is 11.6 Å². The van der Waals surface area contributed by atoms with Crippen molar-refractivity contribution in [1.29, 1.82) is 0 Å². The minimum Gasteiger partial charge on any atom is -0.281 e.